The zero-order valence-corrected chi connectivity index (χ0v) is 14.2. The molecule has 134 valence electrons. The Morgan fingerprint density at radius 3 is 2.69 bits per heavy atom. The maximum Gasteiger partial charge on any atom is 0.284 e. The molecule has 0 saturated heterocycles. The Morgan fingerprint density at radius 1 is 1.27 bits per heavy atom. The van der Waals surface area contributed by atoms with Gasteiger partial charge in [0.25, 0.3) is 11.4 Å². The van der Waals surface area contributed by atoms with Crippen LogP contribution in [-0.4, -0.2) is 25.7 Å². The van der Waals surface area contributed by atoms with Gasteiger partial charge in [-0.1, -0.05) is 15.9 Å². The topological polar surface area (TPSA) is 108 Å². The van der Waals surface area contributed by atoms with Crippen LogP contribution < -0.4 is 15.8 Å². The second-order valence-electron chi connectivity index (χ2n) is 4.88. The summed E-state index contributed by atoms with van der Waals surface area (Å²) in [6.45, 7) is -0.547. The van der Waals surface area contributed by atoms with Gasteiger partial charge in [-0.25, -0.2) is 19.0 Å². The number of hydrogen-bond donors (Lipinski definition) is 1. The molecule has 0 radical (unpaired) electrons. The van der Waals surface area contributed by atoms with E-state index in [4.69, 9.17) is 0 Å². The lowest BCUT2D eigenvalue weighted by Crippen LogP contribution is -2.30. The summed E-state index contributed by atoms with van der Waals surface area (Å²) in [5.41, 5.74) is -0.617. The van der Waals surface area contributed by atoms with Crippen molar-refractivity contribution in [1.29, 1.82) is 0 Å². The van der Waals surface area contributed by atoms with Crippen LogP contribution in [0.15, 0.2) is 39.9 Å². The maximum atomic E-state index is 12.8. The Labute approximate surface area is 151 Å². The van der Waals surface area contributed by atoms with E-state index in [0.717, 1.165) is 17.1 Å². The van der Waals surface area contributed by atoms with Gasteiger partial charge in [-0.05, 0) is 22.7 Å². The number of nitrogens with zero attached hydrogens (tertiary/aromatic N) is 4. The molecule has 0 atom stereocenters. The molecule has 1 amide bonds. The van der Waals surface area contributed by atoms with Crippen LogP contribution in [0.5, 0.6) is 5.88 Å². The maximum absolute atomic E-state index is 12.8. The first kappa shape index (κ1) is 17.8. The van der Waals surface area contributed by atoms with Gasteiger partial charge >= 0.3 is 0 Å². The smallest absolute Gasteiger partial charge is 0.284 e. The molecule has 3 aromatic rings. The lowest BCUT2D eigenvalue weighted by atomic mass is 10.2. The molecular weight excluding hydrogens is 420 g/mol. The zero-order valence-electron chi connectivity index (χ0n) is 12.6. The van der Waals surface area contributed by atoms with E-state index in [1.165, 1.54) is 12.1 Å². The highest BCUT2D eigenvalue weighted by molar-refractivity contribution is 9.10. The van der Waals surface area contributed by atoms with Crippen molar-refractivity contribution < 1.29 is 23.7 Å². The summed E-state index contributed by atoms with van der Waals surface area (Å²) in [5.74, 6) is -1.89. The van der Waals surface area contributed by atoms with Gasteiger partial charge in [0.1, 0.15) is 6.54 Å². The summed E-state index contributed by atoms with van der Waals surface area (Å²) in [5, 5.41) is 9.47. The standard InChI is InChI=1S/C14H8BrF2N5O4/c15-7-1-2-9-10(3-7)12(25-26-17)21-22(13(9)24)6-11(23)20-14-18-4-8(16)5-19-14/h1-5H,6H2,(H,18,19,20,23). The van der Waals surface area contributed by atoms with E-state index in [2.05, 4.69) is 46.3 Å². The number of fused-ring (bicyclic) bond motifs is 1. The van der Waals surface area contributed by atoms with E-state index in [9.17, 15) is 18.5 Å². The summed E-state index contributed by atoms with van der Waals surface area (Å²) in [6.07, 6.45) is 1.73. The first-order chi connectivity index (χ1) is 12.5. The van der Waals surface area contributed by atoms with Crippen molar-refractivity contribution in [3.05, 3.63) is 51.2 Å². The van der Waals surface area contributed by atoms with Crippen LogP contribution in [0.4, 0.5) is 14.9 Å². The van der Waals surface area contributed by atoms with Crippen molar-refractivity contribution >= 4 is 38.6 Å². The van der Waals surface area contributed by atoms with E-state index in [-0.39, 0.29) is 22.6 Å². The Kier molecular flexibility index (Phi) is 5.14. The number of carbonyl (C=O) groups excluding carboxylic acids is 1. The summed E-state index contributed by atoms with van der Waals surface area (Å²) in [4.78, 5) is 36.0. The van der Waals surface area contributed by atoms with Crippen molar-refractivity contribution in [2.24, 2.45) is 0 Å². The van der Waals surface area contributed by atoms with Crippen LogP contribution in [0.3, 0.4) is 0 Å². The molecule has 0 aliphatic carbocycles. The average molecular weight is 428 g/mol. The predicted octanol–water partition coefficient (Wildman–Crippen LogP) is 1.92. The summed E-state index contributed by atoms with van der Waals surface area (Å²) >= 11 is 3.21. The normalized spacial score (nSPS) is 10.7. The fraction of sp³-hybridized carbons (Fsp3) is 0.0714. The number of rotatable bonds is 5. The first-order valence-corrected chi connectivity index (χ1v) is 7.70. The van der Waals surface area contributed by atoms with E-state index < -0.39 is 23.8 Å². The Morgan fingerprint density at radius 2 is 2.00 bits per heavy atom. The van der Waals surface area contributed by atoms with Crippen molar-refractivity contribution in [3.63, 3.8) is 0 Å². The van der Waals surface area contributed by atoms with Gasteiger partial charge in [0.15, 0.2) is 5.82 Å². The van der Waals surface area contributed by atoms with Crippen molar-refractivity contribution in [1.82, 2.24) is 19.7 Å². The SMILES string of the molecule is O=C(Cn1nc(OOF)c2cc(Br)ccc2c1=O)Nc1ncc(F)cn1. The molecule has 0 aliphatic rings. The number of aromatic nitrogens is 4. The molecule has 0 saturated carbocycles. The molecule has 1 aromatic carbocycles. The molecule has 0 unspecified atom stereocenters. The van der Waals surface area contributed by atoms with E-state index in [1.54, 1.807) is 6.07 Å². The number of nitrogens with one attached hydrogen (secondary N) is 1. The van der Waals surface area contributed by atoms with Gasteiger partial charge in [0.2, 0.25) is 11.9 Å². The lowest BCUT2D eigenvalue weighted by molar-refractivity contribution is -0.369. The van der Waals surface area contributed by atoms with Crippen LogP contribution >= 0.6 is 15.9 Å². The highest BCUT2D eigenvalue weighted by Crippen LogP contribution is 2.24. The van der Waals surface area contributed by atoms with Gasteiger partial charge in [-0.15, -0.1) is 5.10 Å². The molecule has 0 spiro atoms. The van der Waals surface area contributed by atoms with Crippen molar-refractivity contribution in [2.45, 2.75) is 6.54 Å². The minimum Gasteiger partial charge on any atom is -0.293 e. The summed E-state index contributed by atoms with van der Waals surface area (Å²) in [6, 6.07) is 4.52. The minimum absolute atomic E-state index is 0.126. The largest absolute Gasteiger partial charge is 0.293 e. The lowest BCUT2D eigenvalue weighted by Gasteiger charge is -2.09. The summed E-state index contributed by atoms with van der Waals surface area (Å²) in [7, 11) is 0. The Balaban J connectivity index is 1.93. The van der Waals surface area contributed by atoms with Crippen LogP contribution in [0.25, 0.3) is 10.8 Å². The fourth-order valence-corrected chi connectivity index (χ4v) is 2.46. The van der Waals surface area contributed by atoms with Crippen molar-refractivity contribution in [2.75, 3.05) is 5.32 Å². The fourth-order valence-electron chi connectivity index (χ4n) is 2.10. The second-order valence-corrected chi connectivity index (χ2v) is 5.79. The number of hydrogen-bond acceptors (Lipinski definition) is 7. The molecule has 12 heteroatoms. The number of carbonyl (C=O) groups is 1. The molecule has 0 bridgehead atoms. The third-order valence-electron chi connectivity index (χ3n) is 3.16. The van der Waals surface area contributed by atoms with Gasteiger partial charge in [-0.3, -0.25) is 19.8 Å². The molecule has 3 rings (SSSR count). The number of benzene rings is 1. The molecule has 26 heavy (non-hydrogen) atoms. The summed E-state index contributed by atoms with van der Waals surface area (Å²) < 4.78 is 26.2. The van der Waals surface area contributed by atoms with Crippen molar-refractivity contribution in [3.8, 4) is 5.88 Å². The van der Waals surface area contributed by atoms with Gasteiger partial charge < -0.3 is 0 Å². The number of amides is 1. The quantitative estimate of drug-likeness (QED) is 0.489. The second kappa shape index (κ2) is 7.49. The monoisotopic (exact) mass is 427 g/mol. The van der Waals surface area contributed by atoms with E-state index >= 15 is 0 Å². The minimum atomic E-state index is -0.713. The highest BCUT2D eigenvalue weighted by Gasteiger charge is 2.16. The zero-order chi connectivity index (χ0) is 18.7. The molecule has 0 aliphatic heterocycles. The first-order valence-electron chi connectivity index (χ1n) is 6.91. The molecule has 9 nitrogen and oxygen atoms in total. The molecular formula is C14H8BrF2N5O4. The van der Waals surface area contributed by atoms with Crippen LogP contribution in [0, 0.1) is 5.82 Å². The average Bonchev–Trinajstić information content (AvgIpc) is 2.61. The van der Waals surface area contributed by atoms with Crippen LogP contribution in [0.1, 0.15) is 0 Å². The molecule has 1 N–H and O–H groups in total. The Bertz CT molecular complexity index is 1030. The van der Waals surface area contributed by atoms with Gasteiger partial charge in [0, 0.05) is 9.56 Å². The predicted molar refractivity (Wildman–Crippen MR) is 87.1 cm³/mol. The van der Waals surface area contributed by atoms with Gasteiger partial charge in [0.05, 0.1) is 23.2 Å². The molecule has 2 aromatic heterocycles. The van der Waals surface area contributed by atoms with E-state index in [1.807, 2.05) is 0 Å². The van der Waals surface area contributed by atoms with Crippen LogP contribution in [-0.2, 0) is 16.4 Å². The van der Waals surface area contributed by atoms with Gasteiger partial charge in [-0.2, -0.15) is 0 Å². The third kappa shape index (κ3) is 3.81. The molecule has 2 heterocycles. The number of halogens is 3. The molecule has 0 fully saturated rings. The third-order valence-corrected chi connectivity index (χ3v) is 3.66. The number of anilines is 1. The van der Waals surface area contributed by atoms with Crippen LogP contribution in [0.2, 0.25) is 0 Å². The highest BCUT2D eigenvalue weighted by atomic mass is 79.9. The Hall–Kier alpha value is -2.99. The van der Waals surface area contributed by atoms with E-state index in [0.29, 0.717) is 4.47 Å².